The molecular formula is C22H19FN2O4S. The van der Waals surface area contributed by atoms with E-state index in [2.05, 4.69) is 5.32 Å². The van der Waals surface area contributed by atoms with Crippen molar-refractivity contribution in [3.05, 3.63) is 95.3 Å². The first-order valence-electron chi connectivity index (χ1n) is 8.93. The largest absolute Gasteiger partial charge is 0.322 e. The van der Waals surface area contributed by atoms with E-state index in [4.69, 9.17) is 0 Å². The van der Waals surface area contributed by atoms with Gasteiger partial charge in [0.1, 0.15) is 5.82 Å². The molecule has 0 bridgehead atoms. The summed E-state index contributed by atoms with van der Waals surface area (Å²) in [5.41, 5.74) is 0.786. The molecule has 3 rings (SSSR count). The topological polar surface area (TPSA) is 83.6 Å². The number of nitrogens with zero attached hydrogens (tertiary/aromatic N) is 1. The summed E-state index contributed by atoms with van der Waals surface area (Å²) < 4.78 is 38.8. The van der Waals surface area contributed by atoms with Crippen molar-refractivity contribution in [3.8, 4) is 0 Å². The third-order valence-corrected chi connectivity index (χ3v) is 6.20. The van der Waals surface area contributed by atoms with Crippen LogP contribution >= 0.6 is 0 Å². The molecule has 1 N–H and O–H groups in total. The number of carbonyl (C=O) groups excluding carboxylic acids is 2. The molecule has 3 aromatic rings. The van der Waals surface area contributed by atoms with Gasteiger partial charge in [0.2, 0.25) is 10.0 Å². The highest BCUT2D eigenvalue weighted by Gasteiger charge is 2.20. The van der Waals surface area contributed by atoms with Crippen molar-refractivity contribution in [2.75, 3.05) is 19.4 Å². The zero-order valence-electron chi connectivity index (χ0n) is 16.3. The number of nitrogens with one attached hydrogen (secondary N) is 1. The molecule has 0 aliphatic carbocycles. The Kier molecular flexibility index (Phi) is 6.09. The quantitative estimate of drug-likeness (QED) is 0.611. The van der Waals surface area contributed by atoms with Crippen LogP contribution in [-0.4, -0.2) is 38.5 Å². The van der Waals surface area contributed by atoms with Crippen molar-refractivity contribution >= 4 is 27.4 Å². The molecule has 8 heteroatoms. The van der Waals surface area contributed by atoms with Gasteiger partial charge in [-0.1, -0.05) is 24.3 Å². The first kappa shape index (κ1) is 21.4. The molecule has 0 atom stereocenters. The Bertz CT molecular complexity index is 1210. The predicted octanol–water partition coefficient (Wildman–Crippen LogP) is 3.56. The highest BCUT2D eigenvalue weighted by Crippen LogP contribution is 2.20. The van der Waals surface area contributed by atoms with Gasteiger partial charge in [-0.3, -0.25) is 9.59 Å². The molecule has 0 fully saturated rings. The van der Waals surface area contributed by atoms with Crippen molar-refractivity contribution < 1.29 is 22.4 Å². The number of hydrogen-bond acceptors (Lipinski definition) is 4. The summed E-state index contributed by atoms with van der Waals surface area (Å²) in [6, 6.07) is 17.1. The molecule has 3 aromatic carbocycles. The van der Waals surface area contributed by atoms with Gasteiger partial charge in [0.15, 0.2) is 5.78 Å². The molecule has 6 nitrogen and oxygen atoms in total. The van der Waals surface area contributed by atoms with E-state index in [1.165, 1.54) is 68.7 Å². The standard InChI is InChI=1S/C22H19FN2O4S/c1-25(2)30(28,29)18-7-5-6-17(14-18)24-22(27)20-9-4-3-8-19(20)21(26)15-10-12-16(23)13-11-15/h3-14H,1-2H3,(H,24,27). The normalized spacial score (nSPS) is 11.3. The van der Waals surface area contributed by atoms with Crippen LogP contribution in [-0.2, 0) is 10.0 Å². The highest BCUT2D eigenvalue weighted by atomic mass is 32.2. The van der Waals surface area contributed by atoms with E-state index in [-0.39, 0.29) is 27.3 Å². The Morgan fingerprint density at radius 3 is 2.13 bits per heavy atom. The summed E-state index contributed by atoms with van der Waals surface area (Å²) in [6.07, 6.45) is 0. The van der Waals surface area contributed by atoms with Crippen LogP contribution in [0.3, 0.4) is 0 Å². The maximum atomic E-state index is 13.1. The Labute approximate surface area is 174 Å². The number of halogens is 1. The van der Waals surface area contributed by atoms with Crippen molar-refractivity contribution in [1.29, 1.82) is 0 Å². The number of anilines is 1. The maximum absolute atomic E-state index is 13.1. The first-order valence-corrected chi connectivity index (χ1v) is 10.4. The number of ketones is 1. The minimum atomic E-state index is -3.66. The van der Waals surface area contributed by atoms with Crippen LogP contribution < -0.4 is 5.32 Å². The molecule has 0 heterocycles. The Morgan fingerprint density at radius 1 is 0.867 bits per heavy atom. The fraction of sp³-hybridized carbons (Fsp3) is 0.0909. The molecule has 0 aliphatic heterocycles. The summed E-state index contributed by atoms with van der Waals surface area (Å²) in [7, 11) is -0.835. The second-order valence-corrected chi connectivity index (χ2v) is 8.80. The number of carbonyl (C=O) groups is 2. The van der Waals surface area contributed by atoms with Gasteiger partial charge < -0.3 is 5.32 Å². The monoisotopic (exact) mass is 426 g/mol. The summed E-state index contributed by atoms with van der Waals surface area (Å²) >= 11 is 0. The first-order chi connectivity index (χ1) is 14.2. The van der Waals surface area contributed by atoms with E-state index in [0.29, 0.717) is 0 Å². The van der Waals surface area contributed by atoms with Gasteiger partial charge >= 0.3 is 0 Å². The third kappa shape index (κ3) is 4.45. The molecule has 0 unspecified atom stereocenters. The van der Waals surface area contributed by atoms with Crippen molar-refractivity contribution in [2.24, 2.45) is 0 Å². The number of hydrogen-bond donors (Lipinski definition) is 1. The highest BCUT2D eigenvalue weighted by molar-refractivity contribution is 7.89. The van der Waals surface area contributed by atoms with E-state index >= 15 is 0 Å². The summed E-state index contributed by atoms with van der Waals surface area (Å²) in [4.78, 5) is 25.7. The fourth-order valence-corrected chi connectivity index (χ4v) is 3.73. The maximum Gasteiger partial charge on any atom is 0.256 e. The van der Waals surface area contributed by atoms with Gasteiger partial charge in [-0.25, -0.2) is 17.1 Å². The minimum Gasteiger partial charge on any atom is -0.322 e. The van der Waals surface area contributed by atoms with E-state index in [1.54, 1.807) is 18.2 Å². The predicted molar refractivity (Wildman–Crippen MR) is 112 cm³/mol. The van der Waals surface area contributed by atoms with Crippen LogP contribution in [0.5, 0.6) is 0 Å². The second kappa shape index (κ2) is 8.56. The van der Waals surface area contributed by atoms with Crippen LogP contribution in [0.15, 0.2) is 77.7 Å². The molecule has 0 radical (unpaired) electrons. The lowest BCUT2D eigenvalue weighted by molar-refractivity contribution is 0.0996. The van der Waals surface area contributed by atoms with Gasteiger partial charge in [-0.2, -0.15) is 0 Å². The van der Waals surface area contributed by atoms with Crippen molar-refractivity contribution in [2.45, 2.75) is 4.90 Å². The Morgan fingerprint density at radius 2 is 1.50 bits per heavy atom. The Hall–Kier alpha value is -3.36. The fourth-order valence-electron chi connectivity index (χ4n) is 2.78. The molecule has 0 aromatic heterocycles. The lowest BCUT2D eigenvalue weighted by Gasteiger charge is -2.13. The molecule has 0 saturated carbocycles. The van der Waals surface area contributed by atoms with Gasteiger partial charge in [0, 0.05) is 30.9 Å². The summed E-state index contributed by atoms with van der Waals surface area (Å²) in [5, 5.41) is 2.63. The smallest absolute Gasteiger partial charge is 0.256 e. The molecule has 0 saturated heterocycles. The van der Waals surface area contributed by atoms with E-state index in [9.17, 15) is 22.4 Å². The average molecular weight is 426 g/mol. The van der Waals surface area contributed by atoms with Crippen molar-refractivity contribution in [1.82, 2.24) is 4.31 Å². The lowest BCUT2D eigenvalue weighted by atomic mass is 9.98. The minimum absolute atomic E-state index is 0.0287. The zero-order chi connectivity index (χ0) is 21.9. The molecule has 30 heavy (non-hydrogen) atoms. The van der Waals surface area contributed by atoms with Crippen LogP contribution in [0.25, 0.3) is 0 Å². The summed E-state index contributed by atoms with van der Waals surface area (Å²) in [6.45, 7) is 0. The molecule has 154 valence electrons. The average Bonchev–Trinajstić information content (AvgIpc) is 2.74. The van der Waals surface area contributed by atoms with Gasteiger partial charge in [-0.05, 0) is 48.5 Å². The van der Waals surface area contributed by atoms with E-state index < -0.39 is 27.5 Å². The molecular weight excluding hydrogens is 407 g/mol. The SMILES string of the molecule is CN(C)S(=O)(=O)c1cccc(NC(=O)c2ccccc2C(=O)c2ccc(F)cc2)c1. The number of amides is 1. The van der Waals surface area contributed by atoms with E-state index in [1.807, 2.05) is 0 Å². The van der Waals surface area contributed by atoms with Gasteiger partial charge in [-0.15, -0.1) is 0 Å². The van der Waals surface area contributed by atoms with Crippen LogP contribution in [0, 0.1) is 5.82 Å². The van der Waals surface area contributed by atoms with Crippen LogP contribution in [0.4, 0.5) is 10.1 Å². The Balaban J connectivity index is 1.91. The van der Waals surface area contributed by atoms with Crippen LogP contribution in [0.1, 0.15) is 26.3 Å². The molecule has 0 spiro atoms. The number of rotatable bonds is 6. The zero-order valence-corrected chi connectivity index (χ0v) is 17.1. The third-order valence-electron chi connectivity index (χ3n) is 4.39. The second-order valence-electron chi connectivity index (χ2n) is 6.65. The van der Waals surface area contributed by atoms with Gasteiger partial charge in [0.05, 0.1) is 10.5 Å². The van der Waals surface area contributed by atoms with Gasteiger partial charge in [0.25, 0.3) is 5.91 Å². The van der Waals surface area contributed by atoms with Crippen LogP contribution in [0.2, 0.25) is 0 Å². The lowest BCUT2D eigenvalue weighted by Crippen LogP contribution is -2.22. The number of benzene rings is 3. The molecule has 0 aliphatic rings. The number of sulfonamides is 1. The molecule has 1 amide bonds. The van der Waals surface area contributed by atoms with Crippen molar-refractivity contribution in [3.63, 3.8) is 0 Å². The summed E-state index contributed by atoms with van der Waals surface area (Å²) in [5.74, 6) is -1.46. The van der Waals surface area contributed by atoms with E-state index in [0.717, 1.165) is 4.31 Å².